The highest BCUT2D eigenvalue weighted by Gasteiger charge is 2.22. The molecule has 0 radical (unpaired) electrons. The smallest absolute Gasteiger partial charge is 0.200 e. The van der Waals surface area contributed by atoms with E-state index < -0.39 is 0 Å². The average Bonchev–Trinajstić information content (AvgIpc) is 3.07. The minimum Gasteiger partial charge on any atom is -0.369 e. The fourth-order valence-electron chi connectivity index (χ4n) is 1.98. The Morgan fingerprint density at radius 2 is 2.00 bits per heavy atom. The fraction of sp³-hybridized carbons (Fsp3) is 0.308. The molecule has 2 aromatic rings. The molecule has 0 aliphatic heterocycles. The second-order valence-corrected chi connectivity index (χ2v) is 4.43. The van der Waals surface area contributed by atoms with Crippen LogP contribution in [0.1, 0.15) is 29.9 Å². The van der Waals surface area contributed by atoms with Gasteiger partial charge in [0.15, 0.2) is 5.95 Å². The zero-order valence-electron chi connectivity index (χ0n) is 9.13. The highest BCUT2D eigenvalue weighted by Crippen LogP contribution is 2.39. The van der Waals surface area contributed by atoms with Crippen LogP contribution in [0.15, 0.2) is 36.7 Å². The maximum Gasteiger partial charge on any atom is 0.200 e. The third kappa shape index (κ3) is 1.81. The molecular formula is C13H15N3. The van der Waals surface area contributed by atoms with Gasteiger partial charge in [0.1, 0.15) is 0 Å². The van der Waals surface area contributed by atoms with E-state index in [1.54, 1.807) is 6.20 Å². The van der Waals surface area contributed by atoms with Gasteiger partial charge in [0, 0.05) is 12.4 Å². The molecule has 1 aliphatic carbocycles. The van der Waals surface area contributed by atoms with Crippen LogP contribution in [0.25, 0.3) is 0 Å². The van der Waals surface area contributed by atoms with Crippen molar-refractivity contribution < 1.29 is 0 Å². The van der Waals surface area contributed by atoms with E-state index in [1.165, 1.54) is 24.0 Å². The molecule has 0 saturated heterocycles. The number of nitrogens with zero attached hydrogens (tertiary/aromatic N) is 2. The van der Waals surface area contributed by atoms with Gasteiger partial charge in [0.05, 0.1) is 6.54 Å². The largest absolute Gasteiger partial charge is 0.369 e. The Hall–Kier alpha value is -1.77. The molecule has 1 heterocycles. The first-order chi connectivity index (χ1) is 7.83. The van der Waals surface area contributed by atoms with Gasteiger partial charge in [-0.3, -0.25) is 0 Å². The first-order valence-corrected chi connectivity index (χ1v) is 5.68. The molecule has 1 aromatic heterocycles. The van der Waals surface area contributed by atoms with Crippen molar-refractivity contribution in [1.82, 2.24) is 9.55 Å². The topological polar surface area (TPSA) is 43.8 Å². The van der Waals surface area contributed by atoms with E-state index >= 15 is 0 Å². The van der Waals surface area contributed by atoms with E-state index in [-0.39, 0.29) is 0 Å². The monoisotopic (exact) mass is 213 g/mol. The number of hydrogen-bond donors (Lipinski definition) is 1. The summed E-state index contributed by atoms with van der Waals surface area (Å²) in [4.78, 5) is 4.01. The molecule has 0 unspecified atom stereocenters. The van der Waals surface area contributed by atoms with Gasteiger partial charge < -0.3 is 10.3 Å². The maximum atomic E-state index is 5.73. The quantitative estimate of drug-likeness (QED) is 0.850. The van der Waals surface area contributed by atoms with Crippen molar-refractivity contribution in [1.29, 1.82) is 0 Å². The van der Waals surface area contributed by atoms with E-state index in [2.05, 4.69) is 29.2 Å². The molecule has 0 amide bonds. The summed E-state index contributed by atoms with van der Waals surface area (Å²) in [6, 6.07) is 8.85. The van der Waals surface area contributed by atoms with Gasteiger partial charge in [-0.15, -0.1) is 0 Å². The Labute approximate surface area is 94.9 Å². The van der Waals surface area contributed by atoms with E-state index in [0.29, 0.717) is 5.95 Å². The molecule has 1 aromatic carbocycles. The predicted octanol–water partition coefficient (Wildman–Crippen LogP) is 2.39. The number of imidazole rings is 1. The van der Waals surface area contributed by atoms with Gasteiger partial charge in [-0.25, -0.2) is 4.98 Å². The third-order valence-corrected chi connectivity index (χ3v) is 3.13. The molecule has 1 saturated carbocycles. The van der Waals surface area contributed by atoms with Gasteiger partial charge in [0.2, 0.25) is 0 Å². The molecule has 2 N–H and O–H groups in total. The lowest BCUT2D eigenvalue weighted by Crippen LogP contribution is -2.03. The average molecular weight is 213 g/mol. The summed E-state index contributed by atoms with van der Waals surface area (Å²) in [5.41, 5.74) is 8.48. The number of anilines is 1. The van der Waals surface area contributed by atoms with Gasteiger partial charge in [-0.05, 0) is 29.9 Å². The van der Waals surface area contributed by atoms with Gasteiger partial charge in [0.25, 0.3) is 0 Å². The van der Waals surface area contributed by atoms with Crippen LogP contribution in [0.5, 0.6) is 0 Å². The molecule has 3 heteroatoms. The zero-order chi connectivity index (χ0) is 11.0. The van der Waals surface area contributed by atoms with Gasteiger partial charge in [-0.1, -0.05) is 24.3 Å². The predicted molar refractivity (Wildman–Crippen MR) is 64.2 cm³/mol. The minimum atomic E-state index is 0.575. The van der Waals surface area contributed by atoms with Gasteiger partial charge in [-0.2, -0.15) is 0 Å². The second kappa shape index (κ2) is 3.67. The number of aromatic nitrogens is 2. The molecular weight excluding hydrogens is 198 g/mol. The van der Waals surface area contributed by atoms with Crippen LogP contribution in [0.2, 0.25) is 0 Å². The summed E-state index contributed by atoms with van der Waals surface area (Å²) in [7, 11) is 0. The van der Waals surface area contributed by atoms with E-state index in [0.717, 1.165) is 12.5 Å². The minimum absolute atomic E-state index is 0.575. The van der Waals surface area contributed by atoms with Crippen molar-refractivity contribution in [3.63, 3.8) is 0 Å². The summed E-state index contributed by atoms with van der Waals surface area (Å²) in [6.45, 7) is 0.802. The summed E-state index contributed by atoms with van der Waals surface area (Å²) in [6.07, 6.45) is 6.35. The molecule has 82 valence electrons. The summed E-state index contributed by atoms with van der Waals surface area (Å²) in [5.74, 6) is 1.40. The number of benzene rings is 1. The lowest BCUT2D eigenvalue weighted by molar-refractivity contribution is 0.810. The van der Waals surface area contributed by atoms with Crippen molar-refractivity contribution >= 4 is 5.95 Å². The Morgan fingerprint density at radius 3 is 2.56 bits per heavy atom. The molecule has 0 atom stereocenters. The van der Waals surface area contributed by atoms with E-state index in [1.807, 2.05) is 10.8 Å². The first-order valence-electron chi connectivity index (χ1n) is 5.68. The highest BCUT2D eigenvalue weighted by molar-refractivity contribution is 5.29. The highest BCUT2D eigenvalue weighted by atomic mass is 15.1. The van der Waals surface area contributed by atoms with Crippen LogP contribution in [-0.2, 0) is 6.54 Å². The van der Waals surface area contributed by atoms with Crippen molar-refractivity contribution in [2.24, 2.45) is 0 Å². The maximum absolute atomic E-state index is 5.73. The van der Waals surface area contributed by atoms with Crippen LogP contribution in [0.4, 0.5) is 5.95 Å². The lowest BCUT2D eigenvalue weighted by Gasteiger charge is -2.05. The van der Waals surface area contributed by atoms with Crippen LogP contribution in [0, 0.1) is 0 Å². The van der Waals surface area contributed by atoms with Crippen LogP contribution in [-0.4, -0.2) is 9.55 Å². The molecule has 1 aliphatic rings. The third-order valence-electron chi connectivity index (χ3n) is 3.13. The molecule has 0 spiro atoms. The molecule has 3 nitrogen and oxygen atoms in total. The Kier molecular flexibility index (Phi) is 2.17. The van der Waals surface area contributed by atoms with Crippen molar-refractivity contribution in [3.8, 4) is 0 Å². The summed E-state index contributed by atoms with van der Waals surface area (Å²) >= 11 is 0. The fourth-order valence-corrected chi connectivity index (χ4v) is 1.98. The number of nitrogen functional groups attached to an aromatic ring is 1. The number of rotatable bonds is 3. The Bertz CT molecular complexity index is 480. The summed E-state index contributed by atoms with van der Waals surface area (Å²) < 4.78 is 1.95. The van der Waals surface area contributed by atoms with Crippen molar-refractivity contribution in [3.05, 3.63) is 47.8 Å². The molecule has 16 heavy (non-hydrogen) atoms. The van der Waals surface area contributed by atoms with E-state index in [4.69, 9.17) is 5.73 Å². The second-order valence-electron chi connectivity index (χ2n) is 4.43. The normalized spacial score (nSPS) is 15.2. The van der Waals surface area contributed by atoms with Crippen LogP contribution < -0.4 is 5.73 Å². The van der Waals surface area contributed by atoms with Crippen molar-refractivity contribution in [2.45, 2.75) is 25.3 Å². The Morgan fingerprint density at radius 1 is 1.25 bits per heavy atom. The van der Waals surface area contributed by atoms with Crippen molar-refractivity contribution in [2.75, 3.05) is 5.73 Å². The Balaban J connectivity index is 1.77. The van der Waals surface area contributed by atoms with Crippen LogP contribution in [0.3, 0.4) is 0 Å². The molecule has 3 rings (SSSR count). The first kappa shape index (κ1) is 9.46. The summed E-state index contributed by atoms with van der Waals surface area (Å²) in [5, 5.41) is 0. The molecule has 1 fully saturated rings. The molecule has 0 bridgehead atoms. The van der Waals surface area contributed by atoms with Gasteiger partial charge >= 0.3 is 0 Å². The lowest BCUT2D eigenvalue weighted by atomic mass is 10.1. The number of hydrogen-bond acceptors (Lipinski definition) is 2. The van der Waals surface area contributed by atoms with Crippen LogP contribution >= 0.6 is 0 Å². The number of nitrogens with two attached hydrogens (primary N) is 1. The standard InChI is InChI=1S/C13H15N3/c14-13-15-7-8-16(13)9-10-1-3-11(4-2-10)12-5-6-12/h1-4,7-8,12H,5-6,9H2,(H2,14,15). The zero-order valence-corrected chi connectivity index (χ0v) is 9.13. The SMILES string of the molecule is Nc1nccn1Cc1ccc(C2CC2)cc1. The van der Waals surface area contributed by atoms with E-state index in [9.17, 15) is 0 Å².